The van der Waals surface area contributed by atoms with E-state index in [1.165, 1.54) is 24.7 Å². The van der Waals surface area contributed by atoms with E-state index in [-0.39, 0.29) is 11.6 Å². The summed E-state index contributed by atoms with van der Waals surface area (Å²) in [6.07, 6.45) is 0. The molecule has 0 aliphatic carbocycles. The van der Waals surface area contributed by atoms with Crippen molar-refractivity contribution in [1.29, 1.82) is 0 Å². The van der Waals surface area contributed by atoms with Gasteiger partial charge in [-0.3, -0.25) is 0 Å². The van der Waals surface area contributed by atoms with Crippen LogP contribution in [0.4, 0.5) is 9.52 Å². The Labute approximate surface area is 114 Å². The highest BCUT2D eigenvalue weighted by molar-refractivity contribution is 7.09. The molecule has 7 heteroatoms. The Morgan fingerprint density at radius 1 is 1.37 bits per heavy atom. The van der Waals surface area contributed by atoms with Crippen LogP contribution in [0.25, 0.3) is 0 Å². The molecular formula is C12H14FN3O2S. The number of hydrogen-bond acceptors (Lipinski definition) is 6. The first-order valence-corrected chi connectivity index (χ1v) is 6.38. The van der Waals surface area contributed by atoms with Crippen molar-refractivity contribution in [2.24, 2.45) is 0 Å². The lowest BCUT2D eigenvalue weighted by Gasteiger charge is -2.05. The van der Waals surface area contributed by atoms with E-state index in [9.17, 15) is 4.39 Å². The molecule has 0 saturated heterocycles. The molecular weight excluding hydrogens is 269 g/mol. The summed E-state index contributed by atoms with van der Waals surface area (Å²) in [7, 11) is 3.03. The minimum Gasteiger partial charge on any atom is -0.494 e. The van der Waals surface area contributed by atoms with E-state index >= 15 is 0 Å². The molecule has 0 spiro atoms. The number of hydrogen-bond donors (Lipinski definition) is 1. The van der Waals surface area contributed by atoms with Gasteiger partial charge in [0.15, 0.2) is 17.4 Å². The zero-order chi connectivity index (χ0) is 13.7. The Balaban J connectivity index is 1.95. The monoisotopic (exact) mass is 283 g/mol. The van der Waals surface area contributed by atoms with Crippen molar-refractivity contribution in [3.8, 4) is 5.75 Å². The van der Waals surface area contributed by atoms with Gasteiger partial charge in [-0.05, 0) is 17.7 Å². The maximum atomic E-state index is 13.5. The van der Waals surface area contributed by atoms with E-state index in [4.69, 9.17) is 9.47 Å². The van der Waals surface area contributed by atoms with Crippen LogP contribution in [0.2, 0.25) is 0 Å². The maximum Gasteiger partial charge on any atom is 0.202 e. The Morgan fingerprint density at radius 2 is 2.21 bits per heavy atom. The molecule has 19 heavy (non-hydrogen) atoms. The minimum absolute atomic E-state index is 0.238. The SMILES string of the molecule is COCc1nsc(NCc2ccc(OC)c(F)c2)n1. The lowest BCUT2D eigenvalue weighted by molar-refractivity contribution is 0.179. The van der Waals surface area contributed by atoms with Gasteiger partial charge in [0.1, 0.15) is 6.61 Å². The standard InChI is InChI=1S/C12H14FN3O2S/c1-17-7-11-15-12(19-16-11)14-6-8-3-4-10(18-2)9(13)5-8/h3-5H,6-7H2,1-2H3,(H,14,15,16). The average molecular weight is 283 g/mol. The summed E-state index contributed by atoms with van der Waals surface area (Å²) in [6, 6.07) is 4.83. The first-order chi connectivity index (χ1) is 9.22. The number of halogens is 1. The number of methoxy groups -OCH3 is 2. The normalized spacial score (nSPS) is 10.5. The van der Waals surface area contributed by atoms with Crippen LogP contribution in [0.3, 0.4) is 0 Å². The van der Waals surface area contributed by atoms with E-state index < -0.39 is 0 Å². The second-order valence-electron chi connectivity index (χ2n) is 3.77. The topological polar surface area (TPSA) is 56.3 Å². The van der Waals surface area contributed by atoms with Crippen LogP contribution in [0.5, 0.6) is 5.75 Å². The number of aromatic nitrogens is 2. The molecule has 2 aromatic rings. The number of nitrogens with one attached hydrogen (secondary N) is 1. The molecule has 102 valence electrons. The second kappa shape index (κ2) is 6.44. The van der Waals surface area contributed by atoms with Crippen LogP contribution in [-0.4, -0.2) is 23.6 Å². The number of anilines is 1. The Kier molecular flexibility index (Phi) is 4.64. The van der Waals surface area contributed by atoms with Crippen molar-refractivity contribution < 1.29 is 13.9 Å². The summed E-state index contributed by atoms with van der Waals surface area (Å²) >= 11 is 1.25. The van der Waals surface area contributed by atoms with Gasteiger partial charge in [0.05, 0.1) is 7.11 Å². The van der Waals surface area contributed by atoms with Gasteiger partial charge in [0, 0.05) is 25.2 Å². The van der Waals surface area contributed by atoms with E-state index in [1.807, 2.05) is 0 Å². The predicted octanol–water partition coefficient (Wildman–Crippen LogP) is 2.44. The number of benzene rings is 1. The van der Waals surface area contributed by atoms with Crippen LogP contribution < -0.4 is 10.1 Å². The molecule has 0 aliphatic rings. The first-order valence-electron chi connectivity index (χ1n) is 5.60. The van der Waals surface area contributed by atoms with Gasteiger partial charge >= 0.3 is 0 Å². The van der Waals surface area contributed by atoms with Crippen LogP contribution >= 0.6 is 11.5 Å². The van der Waals surface area contributed by atoms with E-state index in [2.05, 4.69) is 14.7 Å². The van der Waals surface area contributed by atoms with Crippen molar-refractivity contribution in [2.75, 3.05) is 19.5 Å². The predicted molar refractivity (Wildman–Crippen MR) is 70.9 cm³/mol. The largest absolute Gasteiger partial charge is 0.494 e. The first kappa shape index (κ1) is 13.7. The zero-order valence-corrected chi connectivity index (χ0v) is 11.5. The molecule has 0 saturated carbocycles. The van der Waals surface area contributed by atoms with E-state index in [0.29, 0.717) is 24.1 Å². The second-order valence-corrected chi connectivity index (χ2v) is 4.52. The maximum absolute atomic E-state index is 13.5. The molecule has 1 heterocycles. The minimum atomic E-state index is -0.376. The fourth-order valence-electron chi connectivity index (χ4n) is 1.51. The van der Waals surface area contributed by atoms with Crippen LogP contribution in [-0.2, 0) is 17.9 Å². The molecule has 0 radical (unpaired) electrons. The van der Waals surface area contributed by atoms with Gasteiger partial charge in [-0.1, -0.05) is 6.07 Å². The molecule has 5 nitrogen and oxygen atoms in total. The highest BCUT2D eigenvalue weighted by atomic mass is 32.1. The Morgan fingerprint density at radius 3 is 2.89 bits per heavy atom. The fraction of sp³-hybridized carbons (Fsp3) is 0.333. The fourth-order valence-corrected chi connectivity index (χ4v) is 2.08. The third-order valence-electron chi connectivity index (χ3n) is 2.40. The lowest BCUT2D eigenvalue weighted by atomic mass is 10.2. The third-order valence-corrected chi connectivity index (χ3v) is 3.11. The van der Waals surface area contributed by atoms with E-state index in [1.54, 1.807) is 19.2 Å². The van der Waals surface area contributed by atoms with E-state index in [0.717, 1.165) is 5.56 Å². The molecule has 0 unspecified atom stereocenters. The quantitative estimate of drug-likeness (QED) is 0.882. The molecule has 0 amide bonds. The smallest absolute Gasteiger partial charge is 0.202 e. The summed E-state index contributed by atoms with van der Waals surface area (Å²) in [4.78, 5) is 4.22. The van der Waals surface area contributed by atoms with Gasteiger partial charge in [0.25, 0.3) is 0 Å². The van der Waals surface area contributed by atoms with Crippen molar-refractivity contribution in [1.82, 2.24) is 9.36 Å². The van der Waals surface area contributed by atoms with Gasteiger partial charge in [0.2, 0.25) is 5.13 Å². The summed E-state index contributed by atoms with van der Waals surface area (Å²) in [6.45, 7) is 0.859. The number of nitrogens with zero attached hydrogens (tertiary/aromatic N) is 2. The molecule has 1 aromatic carbocycles. The Bertz CT molecular complexity index is 548. The van der Waals surface area contributed by atoms with Gasteiger partial charge in [-0.25, -0.2) is 9.37 Å². The Hall–Kier alpha value is -1.73. The zero-order valence-electron chi connectivity index (χ0n) is 10.6. The third kappa shape index (κ3) is 3.62. The summed E-state index contributed by atoms with van der Waals surface area (Å²) < 4.78 is 27.4. The van der Waals surface area contributed by atoms with Crippen molar-refractivity contribution in [3.05, 3.63) is 35.4 Å². The van der Waals surface area contributed by atoms with Crippen molar-refractivity contribution in [3.63, 3.8) is 0 Å². The molecule has 0 bridgehead atoms. The van der Waals surface area contributed by atoms with Crippen LogP contribution in [0.15, 0.2) is 18.2 Å². The van der Waals surface area contributed by atoms with Crippen LogP contribution in [0.1, 0.15) is 11.4 Å². The molecule has 2 rings (SSSR count). The van der Waals surface area contributed by atoms with Gasteiger partial charge < -0.3 is 14.8 Å². The average Bonchev–Trinajstić information content (AvgIpc) is 2.85. The molecule has 0 atom stereocenters. The van der Waals surface area contributed by atoms with Gasteiger partial charge in [-0.15, -0.1) is 0 Å². The lowest BCUT2D eigenvalue weighted by Crippen LogP contribution is -2.00. The number of rotatable bonds is 6. The number of ether oxygens (including phenoxy) is 2. The van der Waals surface area contributed by atoms with Crippen LogP contribution in [0, 0.1) is 5.82 Å². The highest BCUT2D eigenvalue weighted by Crippen LogP contribution is 2.19. The molecule has 1 aromatic heterocycles. The summed E-state index contributed by atoms with van der Waals surface area (Å²) in [5.41, 5.74) is 0.807. The van der Waals surface area contributed by atoms with Crippen molar-refractivity contribution >= 4 is 16.7 Å². The summed E-state index contributed by atoms with van der Waals surface area (Å²) in [5.74, 6) is 0.497. The molecule has 1 N–H and O–H groups in total. The summed E-state index contributed by atoms with van der Waals surface area (Å²) in [5, 5.41) is 3.77. The van der Waals surface area contributed by atoms with Gasteiger partial charge in [-0.2, -0.15) is 4.37 Å². The molecule has 0 aliphatic heterocycles. The van der Waals surface area contributed by atoms with Crippen molar-refractivity contribution in [2.45, 2.75) is 13.2 Å². The highest BCUT2D eigenvalue weighted by Gasteiger charge is 2.05. The molecule has 0 fully saturated rings.